The smallest absolute Gasteiger partial charge is 0.335 e. The Balaban J connectivity index is 2.35. The lowest BCUT2D eigenvalue weighted by atomic mass is 10.0. The van der Waals surface area contributed by atoms with Crippen molar-refractivity contribution >= 4 is 17.9 Å². The fourth-order valence-electron chi connectivity index (χ4n) is 4.35. The predicted octanol–water partition coefficient (Wildman–Crippen LogP) is 8.00. The average Bonchev–Trinajstić information content (AvgIpc) is 2.96. The van der Waals surface area contributed by atoms with E-state index in [2.05, 4.69) is 27.7 Å². The Morgan fingerprint density at radius 2 is 1.10 bits per heavy atom. The molecule has 0 amide bonds. The van der Waals surface area contributed by atoms with Gasteiger partial charge in [-0.05, 0) is 62.5 Å². The summed E-state index contributed by atoms with van der Waals surface area (Å²) in [4.78, 5) is 35.7. The zero-order valence-electron chi connectivity index (χ0n) is 25.9. The molecular weight excluding hydrogens is 524 g/mol. The molecule has 0 aliphatic carbocycles. The third-order valence-electron chi connectivity index (χ3n) is 7.26. The van der Waals surface area contributed by atoms with Crippen LogP contribution in [0.25, 0.3) is 0 Å². The van der Waals surface area contributed by atoms with E-state index in [0.29, 0.717) is 88.3 Å². The van der Waals surface area contributed by atoms with Gasteiger partial charge in [-0.2, -0.15) is 0 Å². The van der Waals surface area contributed by atoms with Crippen molar-refractivity contribution in [2.75, 3.05) is 26.4 Å². The van der Waals surface area contributed by atoms with Crippen LogP contribution in [-0.4, -0.2) is 49.4 Å². The number of benzene rings is 1. The second-order valence-corrected chi connectivity index (χ2v) is 10.8. The Labute approximate surface area is 247 Å². The second kappa shape index (κ2) is 22.9. The van der Waals surface area contributed by atoms with E-state index in [-0.39, 0.29) is 17.5 Å². The van der Waals surface area contributed by atoms with Crippen molar-refractivity contribution < 1.29 is 38.4 Å². The zero-order chi connectivity index (χ0) is 30.3. The molecule has 0 aliphatic rings. The van der Waals surface area contributed by atoms with Crippen LogP contribution in [0.1, 0.15) is 128 Å². The molecule has 0 fully saturated rings. The largest absolute Gasteiger partial charge is 0.493 e. The van der Waals surface area contributed by atoms with Crippen LogP contribution in [0.2, 0.25) is 0 Å². The molecule has 0 radical (unpaired) electrons. The lowest BCUT2D eigenvalue weighted by Crippen LogP contribution is -2.14. The van der Waals surface area contributed by atoms with E-state index in [1.807, 2.05) is 0 Å². The van der Waals surface area contributed by atoms with Crippen LogP contribution in [0.4, 0.5) is 0 Å². The van der Waals surface area contributed by atoms with Gasteiger partial charge in [-0.1, -0.05) is 66.2 Å². The summed E-state index contributed by atoms with van der Waals surface area (Å²) in [5.74, 6) is 0.218. The van der Waals surface area contributed by atoms with Gasteiger partial charge in [0.05, 0.1) is 32.0 Å². The number of aromatic carboxylic acids is 1. The Kier molecular flexibility index (Phi) is 20.2. The molecular formula is C33H54O8. The predicted molar refractivity (Wildman–Crippen MR) is 161 cm³/mol. The number of carbonyl (C=O) groups is 3. The monoisotopic (exact) mass is 578 g/mol. The molecule has 1 aromatic rings. The molecule has 0 spiro atoms. The quantitative estimate of drug-likeness (QED) is 0.0918. The van der Waals surface area contributed by atoms with Crippen LogP contribution in [0, 0.1) is 11.8 Å². The Bertz CT molecular complexity index is 809. The van der Waals surface area contributed by atoms with E-state index in [1.54, 1.807) is 6.07 Å². The molecule has 41 heavy (non-hydrogen) atoms. The maximum absolute atomic E-state index is 12.1. The highest BCUT2D eigenvalue weighted by molar-refractivity contribution is 5.88. The van der Waals surface area contributed by atoms with Crippen LogP contribution >= 0.6 is 0 Å². The van der Waals surface area contributed by atoms with Gasteiger partial charge in [0.15, 0.2) is 0 Å². The van der Waals surface area contributed by atoms with Crippen LogP contribution in [-0.2, 0) is 19.1 Å². The van der Waals surface area contributed by atoms with E-state index >= 15 is 0 Å². The topological polar surface area (TPSA) is 108 Å². The van der Waals surface area contributed by atoms with Gasteiger partial charge in [0.2, 0.25) is 0 Å². The van der Waals surface area contributed by atoms with Crippen LogP contribution in [0.15, 0.2) is 18.2 Å². The summed E-state index contributed by atoms with van der Waals surface area (Å²) >= 11 is 0. The van der Waals surface area contributed by atoms with E-state index in [9.17, 15) is 19.5 Å². The highest BCUT2D eigenvalue weighted by Gasteiger charge is 2.13. The van der Waals surface area contributed by atoms with Crippen molar-refractivity contribution in [2.24, 2.45) is 11.8 Å². The number of rotatable bonds is 25. The molecule has 2 unspecified atom stereocenters. The highest BCUT2D eigenvalue weighted by Crippen LogP contribution is 2.24. The maximum Gasteiger partial charge on any atom is 0.335 e. The second-order valence-electron chi connectivity index (χ2n) is 10.8. The standard InChI is InChI=1S/C33H54O8/c1-5-9-15-26(7-3)24-40-31(34)17-11-13-19-38-29-21-28(33(36)37)22-30(23-29)39-20-14-12-18-32(35)41-25-27(8-4)16-10-6-2/h21-23,26-27H,5-20,24-25H2,1-4H3,(H,36,37). The normalized spacial score (nSPS) is 12.4. The number of ether oxygens (including phenoxy) is 4. The summed E-state index contributed by atoms with van der Waals surface area (Å²) in [5, 5.41) is 9.47. The summed E-state index contributed by atoms with van der Waals surface area (Å²) in [7, 11) is 0. The first-order valence-electron chi connectivity index (χ1n) is 15.8. The summed E-state index contributed by atoms with van der Waals surface area (Å²) in [6, 6.07) is 4.59. The minimum atomic E-state index is -1.07. The molecule has 8 heteroatoms. The number of esters is 2. The minimum Gasteiger partial charge on any atom is -0.493 e. The van der Waals surface area contributed by atoms with Gasteiger partial charge in [-0.25, -0.2) is 4.79 Å². The Morgan fingerprint density at radius 1 is 0.659 bits per heavy atom. The number of carbonyl (C=O) groups excluding carboxylic acids is 2. The third kappa shape index (κ3) is 17.6. The first kappa shape index (κ1) is 36.3. The Hall–Kier alpha value is -2.77. The molecule has 0 saturated heterocycles. The van der Waals surface area contributed by atoms with Crippen molar-refractivity contribution in [3.05, 3.63) is 23.8 Å². The van der Waals surface area contributed by atoms with E-state index in [4.69, 9.17) is 18.9 Å². The molecule has 0 aromatic heterocycles. The first-order valence-corrected chi connectivity index (χ1v) is 15.8. The lowest BCUT2D eigenvalue weighted by molar-refractivity contribution is -0.146. The fraction of sp³-hybridized carbons (Fsp3) is 0.727. The van der Waals surface area contributed by atoms with Gasteiger partial charge in [0.1, 0.15) is 11.5 Å². The molecule has 8 nitrogen and oxygen atoms in total. The molecule has 0 saturated carbocycles. The molecule has 2 atom stereocenters. The SMILES string of the molecule is CCCCC(CC)COC(=O)CCCCOc1cc(OCCCCC(=O)OCC(CC)CCCC)cc(C(=O)O)c1. The van der Waals surface area contributed by atoms with Gasteiger partial charge in [-0.3, -0.25) is 9.59 Å². The third-order valence-corrected chi connectivity index (χ3v) is 7.26. The van der Waals surface area contributed by atoms with Crippen molar-refractivity contribution in [3.63, 3.8) is 0 Å². The van der Waals surface area contributed by atoms with Gasteiger partial charge in [0.25, 0.3) is 0 Å². The molecule has 0 bridgehead atoms. The molecule has 234 valence electrons. The number of unbranched alkanes of at least 4 members (excludes halogenated alkanes) is 4. The summed E-state index contributed by atoms with van der Waals surface area (Å²) in [6.07, 6.45) is 12.0. The van der Waals surface area contributed by atoms with Crippen molar-refractivity contribution in [2.45, 2.75) is 118 Å². The molecule has 0 aliphatic heterocycles. The first-order chi connectivity index (χ1) is 19.8. The van der Waals surface area contributed by atoms with E-state index < -0.39 is 5.97 Å². The summed E-state index contributed by atoms with van der Waals surface area (Å²) in [6.45, 7) is 10.2. The summed E-state index contributed by atoms with van der Waals surface area (Å²) < 4.78 is 22.4. The van der Waals surface area contributed by atoms with Gasteiger partial charge >= 0.3 is 17.9 Å². The van der Waals surface area contributed by atoms with Gasteiger partial charge in [-0.15, -0.1) is 0 Å². The fourth-order valence-corrected chi connectivity index (χ4v) is 4.35. The zero-order valence-corrected chi connectivity index (χ0v) is 25.9. The maximum atomic E-state index is 12.1. The van der Waals surface area contributed by atoms with E-state index in [0.717, 1.165) is 51.4 Å². The summed E-state index contributed by atoms with van der Waals surface area (Å²) in [5.41, 5.74) is 0.0757. The van der Waals surface area contributed by atoms with Crippen LogP contribution in [0.5, 0.6) is 11.5 Å². The molecule has 1 aromatic carbocycles. The van der Waals surface area contributed by atoms with Crippen LogP contribution < -0.4 is 9.47 Å². The number of hydrogen-bond acceptors (Lipinski definition) is 7. The van der Waals surface area contributed by atoms with Crippen molar-refractivity contribution in [1.29, 1.82) is 0 Å². The highest BCUT2D eigenvalue weighted by atomic mass is 16.5. The lowest BCUT2D eigenvalue weighted by Gasteiger charge is -2.14. The van der Waals surface area contributed by atoms with E-state index in [1.165, 1.54) is 12.1 Å². The molecule has 0 heterocycles. The molecule has 1 rings (SSSR count). The van der Waals surface area contributed by atoms with Crippen molar-refractivity contribution in [3.8, 4) is 11.5 Å². The average molecular weight is 579 g/mol. The van der Waals surface area contributed by atoms with Crippen molar-refractivity contribution in [1.82, 2.24) is 0 Å². The number of hydrogen-bond donors (Lipinski definition) is 1. The van der Waals surface area contributed by atoms with Gasteiger partial charge in [0, 0.05) is 18.9 Å². The Morgan fingerprint density at radius 3 is 1.46 bits per heavy atom. The minimum absolute atomic E-state index is 0.0757. The molecule has 1 N–H and O–H groups in total. The van der Waals surface area contributed by atoms with Gasteiger partial charge < -0.3 is 24.1 Å². The number of carboxylic acid groups (broad SMARTS) is 1. The number of carboxylic acids is 1. The van der Waals surface area contributed by atoms with Crippen LogP contribution in [0.3, 0.4) is 0 Å².